The van der Waals surface area contributed by atoms with Crippen LogP contribution in [0.3, 0.4) is 0 Å². The van der Waals surface area contributed by atoms with Crippen LogP contribution in [0.15, 0.2) is 95.2 Å². The molecule has 3 rings (SSSR count). The first-order valence-electron chi connectivity index (χ1n) is 8.56. The van der Waals surface area contributed by atoms with Crippen LogP contribution in [0.25, 0.3) is 0 Å². The average molecular weight is 433 g/mol. The molecule has 0 saturated heterocycles. The Hall–Kier alpha value is -3.43. The number of aromatic nitrogens is 1. The average Bonchev–Trinajstić information content (AvgIpc) is 2.74. The zero-order valence-electron chi connectivity index (χ0n) is 14.8. The van der Waals surface area contributed by atoms with E-state index in [4.69, 9.17) is 0 Å². The lowest BCUT2D eigenvalue weighted by Crippen LogP contribution is -2.30. The molecular weight excluding hydrogens is 416 g/mol. The molecule has 6 heteroatoms. The van der Waals surface area contributed by atoms with E-state index in [0.29, 0.717) is 5.82 Å². The maximum atomic E-state index is 12.7. The second-order valence-electron chi connectivity index (χ2n) is 5.90. The molecule has 2 N–H and O–H groups in total. The highest BCUT2D eigenvalue weighted by molar-refractivity contribution is 9.10. The van der Waals surface area contributed by atoms with Gasteiger partial charge >= 0.3 is 0 Å². The minimum Gasteiger partial charge on any atom is -0.345 e. The van der Waals surface area contributed by atoms with Crippen molar-refractivity contribution < 1.29 is 4.79 Å². The fraction of sp³-hybridized carbons (Fsp3) is 0.0455. The van der Waals surface area contributed by atoms with Gasteiger partial charge in [-0.25, -0.2) is 4.98 Å². The molecule has 0 bridgehead atoms. The van der Waals surface area contributed by atoms with Gasteiger partial charge in [-0.1, -0.05) is 76.6 Å². The highest BCUT2D eigenvalue weighted by atomic mass is 79.9. The number of nitrogens with zero attached hydrogens (tertiary/aromatic N) is 2. The molecule has 0 aliphatic heterocycles. The topological polar surface area (TPSA) is 77.8 Å². The van der Waals surface area contributed by atoms with Crippen LogP contribution in [-0.4, -0.2) is 10.9 Å². The summed E-state index contributed by atoms with van der Waals surface area (Å²) in [5, 5.41) is 15.3. The van der Waals surface area contributed by atoms with Gasteiger partial charge in [0.15, 0.2) is 0 Å². The van der Waals surface area contributed by atoms with Crippen LogP contribution < -0.4 is 10.6 Å². The molecule has 3 aromatic rings. The van der Waals surface area contributed by atoms with Crippen molar-refractivity contribution in [2.24, 2.45) is 0 Å². The molecule has 1 amide bonds. The van der Waals surface area contributed by atoms with Crippen LogP contribution in [0.4, 0.5) is 5.82 Å². The predicted molar refractivity (Wildman–Crippen MR) is 112 cm³/mol. The number of carbonyl (C=O) groups excluding carboxylic acids is 1. The quantitative estimate of drug-likeness (QED) is 0.441. The van der Waals surface area contributed by atoms with Crippen molar-refractivity contribution in [3.05, 3.63) is 106 Å². The third kappa shape index (κ3) is 5.06. The predicted octanol–water partition coefficient (Wildman–Crippen LogP) is 4.57. The number of pyridine rings is 1. The fourth-order valence-corrected chi connectivity index (χ4v) is 2.97. The van der Waals surface area contributed by atoms with Gasteiger partial charge in [-0.2, -0.15) is 5.26 Å². The lowest BCUT2D eigenvalue weighted by Gasteiger charge is -2.19. The van der Waals surface area contributed by atoms with E-state index >= 15 is 0 Å². The first-order chi connectivity index (χ1) is 13.7. The number of carbonyl (C=O) groups is 1. The summed E-state index contributed by atoms with van der Waals surface area (Å²) in [6.07, 6.45) is 2.98. The Balaban J connectivity index is 1.82. The van der Waals surface area contributed by atoms with Gasteiger partial charge in [0.25, 0.3) is 5.91 Å². The monoisotopic (exact) mass is 432 g/mol. The summed E-state index contributed by atoms with van der Waals surface area (Å²) in [5.74, 6) is 0.0558. The molecule has 1 heterocycles. The molecule has 138 valence electrons. The van der Waals surface area contributed by atoms with Crippen molar-refractivity contribution in [1.29, 1.82) is 5.26 Å². The summed E-state index contributed by atoms with van der Waals surface area (Å²) < 4.78 is 0.842. The molecule has 0 aliphatic rings. The molecule has 0 spiro atoms. The molecule has 0 saturated carbocycles. The van der Waals surface area contributed by atoms with E-state index in [9.17, 15) is 10.1 Å². The Labute approximate surface area is 171 Å². The molecule has 0 aliphatic carbocycles. The van der Waals surface area contributed by atoms with Crippen LogP contribution in [0.5, 0.6) is 0 Å². The summed E-state index contributed by atoms with van der Waals surface area (Å²) in [6, 6.07) is 24.4. The molecule has 5 nitrogen and oxygen atoms in total. The Kier molecular flexibility index (Phi) is 6.55. The number of halogens is 1. The van der Waals surface area contributed by atoms with Crippen molar-refractivity contribution in [3.63, 3.8) is 0 Å². The first-order valence-corrected chi connectivity index (χ1v) is 9.36. The second kappa shape index (κ2) is 9.49. The Morgan fingerprint density at radius 1 is 1.04 bits per heavy atom. The zero-order chi connectivity index (χ0) is 19.8. The number of nitrogens with one attached hydrogen (secondary N) is 2. The highest BCUT2D eigenvalue weighted by Gasteiger charge is 2.19. The lowest BCUT2D eigenvalue weighted by molar-refractivity contribution is -0.117. The maximum Gasteiger partial charge on any atom is 0.264 e. The molecule has 28 heavy (non-hydrogen) atoms. The minimum absolute atomic E-state index is 0.0429. The van der Waals surface area contributed by atoms with Gasteiger partial charge in [-0.3, -0.25) is 4.79 Å². The zero-order valence-corrected chi connectivity index (χ0v) is 16.4. The third-order valence-corrected chi connectivity index (χ3v) is 4.49. The number of hydrogen-bond acceptors (Lipinski definition) is 4. The second-order valence-corrected chi connectivity index (χ2v) is 6.82. The number of hydrogen-bond donors (Lipinski definition) is 2. The van der Waals surface area contributed by atoms with Gasteiger partial charge in [0.05, 0.1) is 6.04 Å². The van der Waals surface area contributed by atoms with Crippen molar-refractivity contribution in [2.75, 3.05) is 5.32 Å². The first kappa shape index (κ1) is 19.3. The molecule has 0 atom stereocenters. The molecule has 0 radical (unpaired) electrons. The summed E-state index contributed by atoms with van der Waals surface area (Å²) in [7, 11) is 0. The van der Waals surface area contributed by atoms with Crippen LogP contribution in [0.1, 0.15) is 17.2 Å². The van der Waals surface area contributed by atoms with Crippen molar-refractivity contribution in [1.82, 2.24) is 10.3 Å². The summed E-state index contributed by atoms with van der Waals surface area (Å²) in [5.41, 5.74) is 1.82. The van der Waals surface area contributed by atoms with E-state index in [1.54, 1.807) is 18.3 Å². The van der Waals surface area contributed by atoms with E-state index < -0.39 is 5.91 Å². The van der Waals surface area contributed by atoms with E-state index in [1.807, 2.05) is 66.7 Å². The number of benzene rings is 2. The fourth-order valence-electron chi connectivity index (χ4n) is 2.64. The Morgan fingerprint density at radius 3 is 2.18 bits per heavy atom. The largest absolute Gasteiger partial charge is 0.345 e. The molecule has 1 aromatic heterocycles. The molecule has 0 unspecified atom stereocenters. The van der Waals surface area contributed by atoms with Gasteiger partial charge in [0, 0.05) is 16.9 Å². The summed E-state index contributed by atoms with van der Waals surface area (Å²) in [4.78, 5) is 16.9. The van der Waals surface area contributed by atoms with Gasteiger partial charge in [0.1, 0.15) is 17.5 Å². The number of anilines is 1. The maximum absolute atomic E-state index is 12.7. The summed E-state index contributed by atoms with van der Waals surface area (Å²) in [6.45, 7) is 0. The van der Waals surface area contributed by atoms with E-state index in [2.05, 4.69) is 31.5 Å². The molecule has 2 aromatic carbocycles. The lowest BCUT2D eigenvalue weighted by atomic mass is 9.98. The third-order valence-electron chi connectivity index (χ3n) is 3.99. The normalized spacial score (nSPS) is 11.0. The van der Waals surface area contributed by atoms with E-state index in [-0.39, 0.29) is 11.6 Å². The highest BCUT2D eigenvalue weighted by Crippen LogP contribution is 2.22. The van der Waals surface area contributed by atoms with E-state index in [1.165, 1.54) is 6.20 Å². The van der Waals surface area contributed by atoms with E-state index in [0.717, 1.165) is 15.6 Å². The van der Waals surface area contributed by atoms with Gasteiger partial charge in [-0.05, 0) is 23.3 Å². The summed E-state index contributed by atoms with van der Waals surface area (Å²) >= 11 is 3.35. The van der Waals surface area contributed by atoms with Crippen LogP contribution in [-0.2, 0) is 4.79 Å². The van der Waals surface area contributed by atoms with Crippen LogP contribution in [0, 0.1) is 11.3 Å². The number of amides is 1. The minimum atomic E-state index is -0.470. The Morgan fingerprint density at radius 2 is 1.64 bits per heavy atom. The Bertz CT molecular complexity index is 974. The SMILES string of the molecule is N#C/C(=C/Nc1cc(Br)ccn1)C(=O)NC(c1ccccc1)c1ccccc1. The van der Waals surface area contributed by atoms with Crippen LogP contribution >= 0.6 is 15.9 Å². The van der Waals surface area contributed by atoms with Gasteiger partial charge < -0.3 is 10.6 Å². The van der Waals surface area contributed by atoms with Crippen LogP contribution in [0.2, 0.25) is 0 Å². The number of rotatable bonds is 6. The number of nitriles is 1. The smallest absolute Gasteiger partial charge is 0.264 e. The van der Waals surface area contributed by atoms with Gasteiger partial charge in [0.2, 0.25) is 0 Å². The molecule has 0 fully saturated rings. The van der Waals surface area contributed by atoms with Crippen molar-refractivity contribution >= 4 is 27.7 Å². The standard InChI is InChI=1S/C22H17BrN4O/c23-19-11-12-25-20(13-19)26-15-18(14-24)22(28)27-21(16-7-3-1-4-8-16)17-9-5-2-6-10-17/h1-13,15,21H,(H,25,26)(H,27,28)/b18-15-. The molecular formula is C22H17BrN4O. The van der Waals surface area contributed by atoms with Crippen molar-refractivity contribution in [2.45, 2.75) is 6.04 Å². The van der Waals surface area contributed by atoms with Crippen molar-refractivity contribution in [3.8, 4) is 6.07 Å². The van der Waals surface area contributed by atoms with Gasteiger partial charge in [-0.15, -0.1) is 0 Å².